The minimum atomic E-state index is -0.226. The number of aliphatic hydroxyl groups excluding tert-OH is 1. The highest BCUT2D eigenvalue weighted by molar-refractivity contribution is 5.91. The summed E-state index contributed by atoms with van der Waals surface area (Å²) in [7, 11) is 0. The number of aryl methyl sites for hydroxylation is 1. The summed E-state index contributed by atoms with van der Waals surface area (Å²) in [6.45, 7) is 0. The Morgan fingerprint density at radius 3 is 3.00 bits per heavy atom. The van der Waals surface area contributed by atoms with Crippen LogP contribution in [0.5, 0.6) is 0 Å². The highest BCUT2D eigenvalue weighted by Crippen LogP contribution is 2.49. The molecular formula is C15H14O. The van der Waals surface area contributed by atoms with Crippen molar-refractivity contribution in [2.75, 3.05) is 0 Å². The predicted octanol–water partition coefficient (Wildman–Crippen LogP) is 3.31. The molecule has 2 atom stereocenters. The number of hydrogen-bond donors (Lipinski definition) is 1. The van der Waals surface area contributed by atoms with Crippen LogP contribution < -0.4 is 0 Å². The van der Waals surface area contributed by atoms with Gasteiger partial charge < -0.3 is 5.11 Å². The van der Waals surface area contributed by atoms with Gasteiger partial charge in [-0.15, -0.1) is 0 Å². The molecule has 1 N–H and O–H groups in total. The first kappa shape index (κ1) is 8.77. The standard InChI is InChI=1S/C15H14O/c16-13-8-11-5-4-9-2-1-3-10-6-7-12(13)15(11)14(9)10/h1-3,6-7,11,13,16H,4-5,8H2. The van der Waals surface area contributed by atoms with E-state index in [1.807, 2.05) is 0 Å². The van der Waals surface area contributed by atoms with Crippen LogP contribution in [0.15, 0.2) is 30.3 Å². The minimum Gasteiger partial charge on any atom is -0.388 e. The summed E-state index contributed by atoms with van der Waals surface area (Å²) >= 11 is 0. The molecule has 0 spiro atoms. The van der Waals surface area contributed by atoms with Crippen molar-refractivity contribution < 1.29 is 5.11 Å². The lowest BCUT2D eigenvalue weighted by atomic mass is 9.82. The summed E-state index contributed by atoms with van der Waals surface area (Å²) in [5.74, 6) is 0.601. The molecular weight excluding hydrogens is 196 g/mol. The van der Waals surface area contributed by atoms with Gasteiger partial charge in [0.15, 0.2) is 0 Å². The molecule has 80 valence electrons. The summed E-state index contributed by atoms with van der Waals surface area (Å²) in [6, 6.07) is 10.9. The van der Waals surface area contributed by atoms with E-state index >= 15 is 0 Å². The summed E-state index contributed by atoms with van der Waals surface area (Å²) in [4.78, 5) is 0. The first-order valence-corrected chi connectivity index (χ1v) is 6.07. The van der Waals surface area contributed by atoms with E-state index in [9.17, 15) is 5.11 Å². The molecule has 0 aliphatic heterocycles. The smallest absolute Gasteiger partial charge is 0.0798 e. The van der Waals surface area contributed by atoms with E-state index in [2.05, 4.69) is 30.3 Å². The van der Waals surface area contributed by atoms with Gasteiger partial charge in [-0.3, -0.25) is 0 Å². The van der Waals surface area contributed by atoms with Crippen LogP contribution in [0.1, 0.15) is 41.6 Å². The fourth-order valence-electron chi connectivity index (χ4n) is 3.55. The van der Waals surface area contributed by atoms with E-state index in [0.717, 1.165) is 6.42 Å². The van der Waals surface area contributed by atoms with Crippen molar-refractivity contribution >= 4 is 10.8 Å². The lowest BCUT2D eigenvalue weighted by molar-refractivity contribution is 0.172. The number of hydrogen-bond acceptors (Lipinski definition) is 1. The zero-order valence-corrected chi connectivity index (χ0v) is 9.11. The van der Waals surface area contributed by atoms with E-state index in [0.29, 0.717) is 5.92 Å². The Hall–Kier alpha value is -1.34. The lowest BCUT2D eigenvalue weighted by Gasteiger charge is -2.22. The van der Waals surface area contributed by atoms with Gasteiger partial charge in [-0.1, -0.05) is 30.3 Å². The first-order valence-electron chi connectivity index (χ1n) is 6.07. The fraction of sp³-hybridized carbons (Fsp3) is 0.333. The third-order valence-electron chi connectivity index (χ3n) is 4.24. The average Bonchev–Trinajstić information content (AvgIpc) is 2.65. The van der Waals surface area contributed by atoms with Gasteiger partial charge in [-0.25, -0.2) is 0 Å². The maximum Gasteiger partial charge on any atom is 0.0798 e. The van der Waals surface area contributed by atoms with Crippen LogP contribution in [0.3, 0.4) is 0 Å². The van der Waals surface area contributed by atoms with Crippen LogP contribution in [0.4, 0.5) is 0 Å². The molecule has 0 radical (unpaired) electrons. The molecule has 2 aliphatic rings. The van der Waals surface area contributed by atoms with Gasteiger partial charge in [0.2, 0.25) is 0 Å². The Kier molecular flexibility index (Phi) is 1.57. The van der Waals surface area contributed by atoms with Crippen LogP contribution in [0.2, 0.25) is 0 Å². The molecule has 0 amide bonds. The van der Waals surface area contributed by atoms with E-state index in [-0.39, 0.29) is 6.10 Å². The van der Waals surface area contributed by atoms with E-state index in [4.69, 9.17) is 0 Å². The fourth-order valence-corrected chi connectivity index (χ4v) is 3.55. The third kappa shape index (κ3) is 0.946. The van der Waals surface area contributed by atoms with Gasteiger partial charge in [0.1, 0.15) is 0 Å². The zero-order valence-electron chi connectivity index (χ0n) is 9.11. The summed E-state index contributed by atoms with van der Waals surface area (Å²) in [5.41, 5.74) is 4.11. The second-order valence-electron chi connectivity index (χ2n) is 5.07. The molecule has 16 heavy (non-hydrogen) atoms. The molecule has 2 aromatic carbocycles. The second-order valence-corrected chi connectivity index (χ2v) is 5.07. The quantitative estimate of drug-likeness (QED) is 0.707. The Morgan fingerprint density at radius 2 is 2.06 bits per heavy atom. The molecule has 1 nitrogen and oxygen atoms in total. The molecule has 0 fully saturated rings. The molecule has 0 aromatic heterocycles. The van der Waals surface area contributed by atoms with E-state index in [1.54, 1.807) is 0 Å². The second kappa shape index (κ2) is 2.86. The Balaban J connectivity index is 2.19. The van der Waals surface area contributed by atoms with E-state index in [1.165, 1.54) is 40.3 Å². The van der Waals surface area contributed by atoms with Crippen molar-refractivity contribution in [3.05, 3.63) is 47.0 Å². The zero-order chi connectivity index (χ0) is 10.7. The average molecular weight is 210 g/mol. The van der Waals surface area contributed by atoms with Crippen molar-refractivity contribution in [1.82, 2.24) is 0 Å². The number of aliphatic hydroxyl groups is 1. The molecule has 2 unspecified atom stereocenters. The monoisotopic (exact) mass is 210 g/mol. The summed E-state index contributed by atoms with van der Waals surface area (Å²) in [5, 5.41) is 12.8. The molecule has 0 saturated heterocycles. The topological polar surface area (TPSA) is 20.2 Å². The molecule has 0 saturated carbocycles. The van der Waals surface area contributed by atoms with Crippen molar-refractivity contribution in [2.24, 2.45) is 0 Å². The SMILES string of the molecule is OC1CC2CCc3cccc4ccc1c2c34. The van der Waals surface area contributed by atoms with Crippen molar-refractivity contribution in [3.63, 3.8) is 0 Å². The summed E-state index contributed by atoms with van der Waals surface area (Å²) in [6.07, 6.45) is 3.09. The van der Waals surface area contributed by atoms with Crippen LogP contribution in [-0.2, 0) is 6.42 Å². The van der Waals surface area contributed by atoms with Gasteiger partial charge in [0, 0.05) is 0 Å². The van der Waals surface area contributed by atoms with Gasteiger partial charge in [0.25, 0.3) is 0 Å². The van der Waals surface area contributed by atoms with Crippen molar-refractivity contribution in [2.45, 2.75) is 31.3 Å². The van der Waals surface area contributed by atoms with Gasteiger partial charge >= 0.3 is 0 Å². The largest absolute Gasteiger partial charge is 0.388 e. The first-order chi connectivity index (χ1) is 7.84. The highest BCUT2D eigenvalue weighted by atomic mass is 16.3. The molecule has 1 heteroatoms. The Bertz CT molecular complexity index is 585. The highest BCUT2D eigenvalue weighted by Gasteiger charge is 2.33. The van der Waals surface area contributed by atoms with E-state index < -0.39 is 0 Å². The summed E-state index contributed by atoms with van der Waals surface area (Å²) < 4.78 is 0. The van der Waals surface area contributed by atoms with Crippen molar-refractivity contribution in [1.29, 1.82) is 0 Å². The van der Waals surface area contributed by atoms with Gasteiger partial charge in [-0.2, -0.15) is 0 Å². The van der Waals surface area contributed by atoms with Crippen LogP contribution in [0, 0.1) is 0 Å². The molecule has 4 rings (SSSR count). The number of rotatable bonds is 0. The Labute approximate surface area is 94.7 Å². The van der Waals surface area contributed by atoms with Crippen molar-refractivity contribution in [3.8, 4) is 0 Å². The third-order valence-corrected chi connectivity index (χ3v) is 4.24. The lowest BCUT2D eigenvalue weighted by Crippen LogP contribution is -2.05. The van der Waals surface area contributed by atoms with Crippen LogP contribution in [-0.4, -0.2) is 5.11 Å². The normalized spacial score (nSPS) is 26.3. The van der Waals surface area contributed by atoms with Gasteiger partial charge in [-0.05, 0) is 52.6 Å². The predicted molar refractivity (Wildman–Crippen MR) is 64.6 cm³/mol. The minimum absolute atomic E-state index is 0.226. The molecule has 2 aliphatic carbocycles. The molecule has 0 bridgehead atoms. The van der Waals surface area contributed by atoms with Gasteiger partial charge in [0.05, 0.1) is 6.10 Å². The Morgan fingerprint density at radius 1 is 1.12 bits per heavy atom. The maximum absolute atomic E-state index is 10.1. The van der Waals surface area contributed by atoms with Crippen LogP contribution >= 0.6 is 0 Å². The maximum atomic E-state index is 10.1. The molecule has 2 aromatic rings. The molecule has 0 heterocycles. The number of benzene rings is 2. The van der Waals surface area contributed by atoms with Crippen LogP contribution in [0.25, 0.3) is 10.8 Å².